The number of H-pyrrole nitrogens is 1. The van der Waals surface area contributed by atoms with E-state index in [0.717, 1.165) is 71.6 Å². The van der Waals surface area contributed by atoms with Gasteiger partial charge in [-0.3, -0.25) is 14.9 Å². The second-order valence-electron chi connectivity index (χ2n) is 9.70. The number of hydrogen-bond acceptors (Lipinski definition) is 6. The standard InChI is InChI=1S/C29H31N7O.ClH/c37-26(18-23-9-5-13-31-23)35-14-16-36(17-15-35)28-24(22-7-2-1-3-8-22)20-32-29-27(28)25(33-34-29)11-10-21-6-4-12-30-19-21;/h1-4,6-8,10-12,19-20,23,31H,5,9,13-18H2,(H,32,33,34);1H. The third-order valence-corrected chi connectivity index (χ3v) is 7.32. The predicted molar refractivity (Wildman–Crippen MR) is 154 cm³/mol. The molecule has 1 aromatic carbocycles. The van der Waals surface area contributed by atoms with Crippen LogP contribution in [0.2, 0.25) is 0 Å². The Morgan fingerprint density at radius 3 is 2.61 bits per heavy atom. The molecule has 6 rings (SSSR count). The van der Waals surface area contributed by atoms with Gasteiger partial charge in [0.25, 0.3) is 0 Å². The SMILES string of the molecule is Cl.O=C(CC1CCCN1)N1CCN(c2c(-c3ccccc3)cnc3[nH]nc(C=Cc4cccnc4)c23)CC1. The molecule has 2 fully saturated rings. The number of benzene rings is 1. The Morgan fingerprint density at radius 2 is 1.87 bits per heavy atom. The van der Waals surface area contributed by atoms with E-state index in [1.54, 1.807) is 6.20 Å². The number of pyridine rings is 2. The number of anilines is 1. The first-order valence-corrected chi connectivity index (χ1v) is 13.0. The Labute approximate surface area is 228 Å². The molecule has 2 N–H and O–H groups in total. The van der Waals surface area contributed by atoms with Crippen LogP contribution in [0.15, 0.2) is 61.1 Å². The maximum atomic E-state index is 13.0. The average molecular weight is 530 g/mol. The van der Waals surface area contributed by atoms with Crippen molar-refractivity contribution in [1.82, 2.24) is 30.4 Å². The minimum Gasteiger partial charge on any atom is -0.367 e. The summed E-state index contributed by atoms with van der Waals surface area (Å²) in [4.78, 5) is 26.3. The van der Waals surface area contributed by atoms with Crippen LogP contribution >= 0.6 is 12.4 Å². The molecule has 1 atom stereocenters. The first-order chi connectivity index (χ1) is 18.3. The highest BCUT2D eigenvalue weighted by Crippen LogP contribution is 2.38. The Balaban J connectivity index is 0.00000294. The van der Waals surface area contributed by atoms with Gasteiger partial charge in [0.2, 0.25) is 5.91 Å². The fourth-order valence-electron chi connectivity index (χ4n) is 5.38. The van der Waals surface area contributed by atoms with E-state index < -0.39 is 0 Å². The van der Waals surface area contributed by atoms with Crippen LogP contribution in [0.25, 0.3) is 34.3 Å². The number of rotatable bonds is 6. The molecule has 0 aliphatic carbocycles. The number of nitrogens with one attached hydrogen (secondary N) is 2. The second kappa shape index (κ2) is 11.8. The van der Waals surface area contributed by atoms with Crippen LogP contribution in [-0.4, -0.2) is 69.7 Å². The summed E-state index contributed by atoms with van der Waals surface area (Å²) in [6.07, 6.45) is 12.4. The van der Waals surface area contributed by atoms with Gasteiger partial charge in [-0.05, 0) is 42.7 Å². The van der Waals surface area contributed by atoms with Gasteiger partial charge in [-0.15, -0.1) is 12.4 Å². The number of amides is 1. The van der Waals surface area contributed by atoms with E-state index in [2.05, 4.69) is 49.7 Å². The summed E-state index contributed by atoms with van der Waals surface area (Å²) >= 11 is 0. The number of hydrogen-bond donors (Lipinski definition) is 2. The normalized spacial score (nSPS) is 17.7. The zero-order valence-electron chi connectivity index (χ0n) is 21.2. The lowest BCUT2D eigenvalue weighted by Gasteiger charge is -2.37. The van der Waals surface area contributed by atoms with Crippen LogP contribution in [0, 0.1) is 0 Å². The monoisotopic (exact) mass is 529 g/mol. The minimum absolute atomic E-state index is 0. The molecule has 5 heterocycles. The molecular weight excluding hydrogens is 498 g/mol. The summed E-state index contributed by atoms with van der Waals surface area (Å²) in [6, 6.07) is 14.6. The predicted octanol–water partition coefficient (Wildman–Crippen LogP) is 4.40. The highest BCUT2D eigenvalue weighted by molar-refractivity contribution is 6.03. The summed E-state index contributed by atoms with van der Waals surface area (Å²) in [5, 5.41) is 12.2. The first kappa shape index (κ1) is 25.9. The van der Waals surface area contributed by atoms with E-state index in [1.165, 1.54) is 0 Å². The van der Waals surface area contributed by atoms with E-state index in [0.29, 0.717) is 25.6 Å². The topological polar surface area (TPSA) is 90.0 Å². The van der Waals surface area contributed by atoms with E-state index in [4.69, 9.17) is 4.98 Å². The Morgan fingerprint density at radius 1 is 1.03 bits per heavy atom. The molecule has 0 bridgehead atoms. The molecule has 3 aromatic heterocycles. The third-order valence-electron chi connectivity index (χ3n) is 7.32. The summed E-state index contributed by atoms with van der Waals surface area (Å²) in [5.74, 6) is 0.255. The molecule has 8 nitrogen and oxygen atoms in total. The van der Waals surface area contributed by atoms with Crippen molar-refractivity contribution in [2.24, 2.45) is 0 Å². The Bertz CT molecular complexity index is 1390. The summed E-state index contributed by atoms with van der Waals surface area (Å²) in [5.41, 5.74) is 5.90. The van der Waals surface area contributed by atoms with Crippen LogP contribution in [0.5, 0.6) is 0 Å². The lowest BCUT2D eigenvalue weighted by molar-refractivity contribution is -0.131. The number of nitrogens with zero attached hydrogens (tertiary/aromatic N) is 5. The molecule has 1 amide bonds. The molecule has 196 valence electrons. The molecule has 38 heavy (non-hydrogen) atoms. The number of halogens is 1. The van der Waals surface area contributed by atoms with Crippen molar-refractivity contribution in [3.8, 4) is 11.1 Å². The van der Waals surface area contributed by atoms with Crippen molar-refractivity contribution in [1.29, 1.82) is 0 Å². The van der Waals surface area contributed by atoms with Crippen molar-refractivity contribution in [2.75, 3.05) is 37.6 Å². The molecule has 0 radical (unpaired) electrons. The fourth-order valence-corrected chi connectivity index (χ4v) is 5.38. The van der Waals surface area contributed by atoms with Crippen molar-refractivity contribution >= 4 is 47.2 Å². The molecule has 4 aromatic rings. The molecule has 2 aliphatic rings. The molecule has 0 spiro atoms. The van der Waals surface area contributed by atoms with Gasteiger partial charge in [-0.1, -0.05) is 42.5 Å². The van der Waals surface area contributed by atoms with Crippen LogP contribution in [0.3, 0.4) is 0 Å². The Kier molecular flexibility index (Phi) is 8.00. The third kappa shape index (κ3) is 5.42. The molecule has 0 saturated carbocycles. The van der Waals surface area contributed by atoms with E-state index in [9.17, 15) is 4.79 Å². The maximum absolute atomic E-state index is 13.0. The van der Waals surface area contributed by atoms with E-state index in [-0.39, 0.29) is 18.3 Å². The van der Waals surface area contributed by atoms with Crippen LogP contribution in [0.1, 0.15) is 30.5 Å². The first-order valence-electron chi connectivity index (χ1n) is 13.0. The van der Waals surface area contributed by atoms with Gasteiger partial charge in [-0.25, -0.2) is 4.98 Å². The summed E-state index contributed by atoms with van der Waals surface area (Å²) in [7, 11) is 0. The maximum Gasteiger partial charge on any atom is 0.224 e. The van der Waals surface area contributed by atoms with Gasteiger partial charge >= 0.3 is 0 Å². The molecule has 2 aliphatic heterocycles. The summed E-state index contributed by atoms with van der Waals surface area (Å²) < 4.78 is 0. The van der Waals surface area contributed by atoms with Gasteiger partial charge in [0.05, 0.1) is 16.8 Å². The smallest absolute Gasteiger partial charge is 0.224 e. The number of piperazine rings is 1. The number of aromatic nitrogens is 4. The molecular formula is C29H32ClN7O. The van der Waals surface area contributed by atoms with Gasteiger partial charge in [0.1, 0.15) is 0 Å². The Hall–Kier alpha value is -3.75. The zero-order valence-corrected chi connectivity index (χ0v) is 22.0. The van der Waals surface area contributed by atoms with Crippen molar-refractivity contribution < 1.29 is 4.79 Å². The van der Waals surface area contributed by atoms with Crippen molar-refractivity contribution in [3.05, 3.63) is 72.3 Å². The van der Waals surface area contributed by atoms with Gasteiger partial charge in [-0.2, -0.15) is 5.10 Å². The van der Waals surface area contributed by atoms with Crippen LogP contribution in [-0.2, 0) is 4.79 Å². The second-order valence-corrected chi connectivity index (χ2v) is 9.70. The quantitative estimate of drug-likeness (QED) is 0.385. The number of fused-ring (bicyclic) bond motifs is 1. The van der Waals surface area contributed by atoms with Gasteiger partial charge in [0, 0.05) is 62.8 Å². The summed E-state index contributed by atoms with van der Waals surface area (Å²) in [6.45, 7) is 3.97. The number of aromatic amines is 1. The molecule has 2 saturated heterocycles. The zero-order chi connectivity index (χ0) is 25.0. The molecule has 1 unspecified atom stereocenters. The number of carbonyl (C=O) groups excluding carboxylic acids is 1. The number of carbonyl (C=O) groups is 1. The van der Waals surface area contributed by atoms with Crippen molar-refractivity contribution in [3.63, 3.8) is 0 Å². The lowest BCUT2D eigenvalue weighted by Crippen LogP contribution is -2.50. The van der Waals surface area contributed by atoms with Gasteiger partial charge in [0.15, 0.2) is 5.65 Å². The lowest BCUT2D eigenvalue weighted by atomic mass is 10.0. The van der Waals surface area contributed by atoms with Crippen LogP contribution in [0.4, 0.5) is 5.69 Å². The average Bonchev–Trinajstić information content (AvgIpc) is 3.62. The minimum atomic E-state index is 0. The van der Waals surface area contributed by atoms with E-state index in [1.807, 2.05) is 47.6 Å². The van der Waals surface area contributed by atoms with Crippen molar-refractivity contribution in [2.45, 2.75) is 25.3 Å². The molecule has 9 heteroatoms. The highest BCUT2D eigenvalue weighted by Gasteiger charge is 2.28. The highest BCUT2D eigenvalue weighted by atomic mass is 35.5. The van der Waals surface area contributed by atoms with Gasteiger partial charge < -0.3 is 15.1 Å². The van der Waals surface area contributed by atoms with Crippen LogP contribution < -0.4 is 10.2 Å². The largest absolute Gasteiger partial charge is 0.367 e. The fraction of sp³-hybridized carbons (Fsp3) is 0.310. The van der Waals surface area contributed by atoms with E-state index >= 15 is 0 Å².